The molecule has 11 heteroatoms. The molecule has 31 heavy (non-hydrogen) atoms. The van der Waals surface area contributed by atoms with Crippen molar-refractivity contribution in [3.63, 3.8) is 0 Å². The lowest BCUT2D eigenvalue weighted by Crippen LogP contribution is -2.57. The molecule has 2 heterocycles. The second kappa shape index (κ2) is 9.84. The van der Waals surface area contributed by atoms with E-state index < -0.39 is 35.3 Å². The Hall–Kier alpha value is -1.04. The molecule has 7 unspecified atom stereocenters. The first-order valence-corrected chi connectivity index (χ1v) is 12.2. The van der Waals surface area contributed by atoms with Crippen molar-refractivity contribution in [2.75, 3.05) is 13.1 Å². The van der Waals surface area contributed by atoms with Crippen LogP contribution in [0.1, 0.15) is 51.4 Å². The number of nitrogens with one attached hydrogen (secondary N) is 5. The fourth-order valence-corrected chi connectivity index (χ4v) is 6.48. The van der Waals surface area contributed by atoms with E-state index in [0.29, 0.717) is 11.8 Å². The molecule has 2 saturated heterocycles. The van der Waals surface area contributed by atoms with Crippen LogP contribution in [0.25, 0.3) is 0 Å². The minimum absolute atomic E-state index is 0.158. The first-order valence-electron chi connectivity index (χ1n) is 11.4. The van der Waals surface area contributed by atoms with Crippen LogP contribution in [0.2, 0.25) is 0 Å². The Kier molecular flexibility index (Phi) is 7.34. The van der Waals surface area contributed by atoms with Crippen molar-refractivity contribution < 1.29 is 22.8 Å². The topological polar surface area (TPSA) is 94.3 Å². The van der Waals surface area contributed by atoms with E-state index >= 15 is 0 Å². The summed E-state index contributed by atoms with van der Waals surface area (Å²) in [4.78, 5) is 28.5. The van der Waals surface area contributed by atoms with E-state index in [1.165, 1.54) is 37.6 Å². The van der Waals surface area contributed by atoms with Crippen LogP contribution in [0, 0.1) is 23.7 Å². The predicted molar refractivity (Wildman–Crippen MR) is 111 cm³/mol. The van der Waals surface area contributed by atoms with Gasteiger partial charge in [0.25, 0.3) is 0 Å². The lowest BCUT2D eigenvalue weighted by molar-refractivity contribution is -0.182. The molecule has 0 aromatic carbocycles. The maximum absolute atomic E-state index is 13.0. The average Bonchev–Trinajstić information content (AvgIpc) is 3.22. The highest BCUT2D eigenvalue weighted by molar-refractivity contribution is 7.98. The standard InChI is InChI=1S/C20H32F3N5O2S/c21-20(22,23)13-8-12(9-24-10-13)17(29)26-19-16(27-28-31-19)18(30)25-15-7-3-5-11-4-1-2-6-14(11)15/h11-16,19,24,27-28H,1-10H2,(H,25,30)(H,26,29). The molecule has 5 N–H and O–H groups in total. The third-order valence-corrected chi connectivity index (χ3v) is 8.24. The summed E-state index contributed by atoms with van der Waals surface area (Å²) < 4.78 is 39.1. The van der Waals surface area contributed by atoms with Crippen molar-refractivity contribution in [1.29, 1.82) is 0 Å². The first kappa shape index (κ1) is 23.1. The molecule has 2 aliphatic heterocycles. The number of halogens is 3. The van der Waals surface area contributed by atoms with Crippen LogP contribution < -0.4 is 26.2 Å². The Labute approximate surface area is 184 Å². The lowest BCUT2D eigenvalue weighted by Gasteiger charge is -2.42. The van der Waals surface area contributed by atoms with Gasteiger partial charge in [0.1, 0.15) is 11.4 Å². The number of piperidine rings is 1. The van der Waals surface area contributed by atoms with Gasteiger partial charge in [-0.3, -0.25) is 9.59 Å². The molecule has 0 spiro atoms. The molecule has 0 bridgehead atoms. The van der Waals surface area contributed by atoms with Gasteiger partial charge in [0.05, 0.1) is 11.8 Å². The van der Waals surface area contributed by atoms with E-state index in [-0.39, 0.29) is 31.5 Å². The minimum atomic E-state index is -4.32. The molecule has 0 radical (unpaired) electrons. The molecule has 2 saturated carbocycles. The van der Waals surface area contributed by atoms with Crippen molar-refractivity contribution in [1.82, 2.24) is 26.2 Å². The summed E-state index contributed by atoms with van der Waals surface area (Å²) in [6.07, 6.45) is 3.64. The van der Waals surface area contributed by atoms with Crippen LogP contribution in [0.15, 0.2) is 0 Å². The third kappa shape index (κ3) is 5.48. The lowest BCUT2D eigenvalue weighted by atomic mass is 9.68. The quantitative estimate of drug-likeness (QED) is 0.409. The zero-order valence-electron chi connectivity index (χ0n) is 17.5. The number of fused-ring (bicyclic) bond motifs is 1. The molecule has 2 amide bonds. The Bertz CT molecular complexity index is 665. The summed E-state index contributed by atoms with van der Waals surface area (Å²) in [5.41, 5.74) is 2.90. The van der Waals surface area contributed by atoms with Crippen LogP contribution in [-0.2, 0) is 9.59 Å². The van der Waals surface area contributed by atoms with Gasteiger partial charge in [0.15, 0.2) is 0 Å². The summed E-state index contributed by atoms with van der Waals surface area (Å²) >= 11 is 1.17. The third-order valence-electron chi connectivity index (χ3n) is 7.36. The smallest absolute Gasteiger partial charge is 0.352 e. The van der Waals surface area contributed by atoms with Gasteiger partial charge in [-0.05, 0) is 43.0 Å². The Morgan fingerprint density at radius 1 is 0.935 bits per heavy atom. The Morgan fingerprint density at radius 2 is 1.71 bits per heavy atom. The molecule has 4 rings (SSSR count). The van der Waals surface area contributed by atoms with Gasteiger partial charge in [-0.2, -0.15) is 18.0 Å². The van der Waals surface area contributed by atoms with Crippen molar-refractivity contribution in [3.05, 3.63) is 0 Å². The summed E-state index contributed by atoms with van der Waals surface area (Å²) in [6.45, 7) is 0.0435. The number of amides is 2. The van der Waals surface area contributed by atoms with Gasteiger partial charge in [-0.25, -0.2) is 5.43 Å². The highest BCUT2D eigenvalue weighted by atomic mass is 32.2. The summed E-state index contributed by atoms with van der Waals surface area (Å²) in [5, 5.41) is 8.11. The van der Waals surface area contributed by atoms with Gasteiger partial charge in [-0.15, -0.1) is 0 Å². The van der Waals surface area contributed by atoms with Gasteiger partial charge < -0.3 is 16.0 Å². The number of carbonyl (C=O) groups is 2. The summed E-state index contributed by atoms with van der Waals surface area (Å²) in [5.74, 6) is -1.71. The number of hydrazine groups is 1. The second-order valence-electron chi connectivity index (χ2n) is 9.35. The van der Waals surface area contributed by atoms with E-state index in [1.807, 2.05) is 0 Å². The minimum Gasteiger partial charge on any atom is -0.352 e. The molecule has 4 aliphatic rings. The maximum atomic E-state index is 13.0. The molecule has 4 fully saturated rings. The van der Waals surface area contributed by atoms with Crippen LogP contribution in [0.4, 0.5) is 13.2 Å². The number of hydrogen-bond acceptors (Lipinski definition) is 6. The van der Waals surface area contributed by atoms with E-state index in [0.717, 1.165) is 19.3 Å². The van der Waals surface area contributed by atoms with E-state index in [9.17, 15) is 22.8 Å². The highest BCUT2D eigenvalue weighted by Gasteiger charge is 2.45. The van der Waals surface area contributed by atoms with Gasteiger partial charge in [0.2, 0.25) is 11.8 Å². The Morgan fingerprint density at radius 3 is 2.52 bits per heavy atom. The SMILES string of the molecule is O=C(NC1SNNC1C(=O)NC1CCCC2CCCCC21)C1CNCC(C(F)(F)F)C1. The number of hydrogen-bond donors (Lipinski definition) is 5. The van der Waals surface area contributed by atoms with Gasteiger partial charge >= 0.3 is 6.18 Å². The molecule has 0 aromatic rings. The average molecular weight is 464 g/mol. The molecular formula is C20H32F3N5O2S. The van der Waals surface area contributed by atoms with Crippen LogP contribution in [0.5, 0.6) is 0 Å². The fraction of sp³-hybridized carbons (Fsp3) is 0.900. The number of carbonyl (C=O) groups excluding carboxylic acids is 2. The first-order chi connectivity index (χ1) is 14.8. The number of alkyl halides is 3. The zero-order chi connectivity index (χ0) is 22.0. The van der Waals surface area contributed by atoms with Gasteiger partial charge in [0, 0.05) is 19.1 Å². The normalized spacial score (nSPS) is 38.9. The zero-order valence-corrected chi connectivity index (χ0v) is 18.3. The predicted octanol–water partition coefficient (Wildman–Crippen LogP) is 1.82. The van der Waals surface area contributed by atoms with E-state index in [2.05, 4.69) is 26.2 Å². The second-order valence-corrected chi connectivity index (χ2v) is 10.3. The maximum Gasteiger partial charge on any atom is 0.393 e. The molecule has 2 aliphatic carbocycles. The van der Waals surface area contributed by atoms with E-state index in [4.69, 9.17) is 0 Å². The van der Waals surface area contributed by atoms with Crippen LogP contribution in [-0.4, -0.2) is 48.5 Å². The largest absolute Gasteiger partial charge is 0.393 e. The van der Waals surface area contributed by atoms with Gasteiger partial charge in [-0.1, -0.05) is 32.1 Å². The monoisotopic (exact) mass is 463 g/mol. The molecular weight excluding hydrogens is 431 g/mol. The van der Waals surface area contributed by atoms with Crippen molar-refractivity contribution >= 4 is 23.8 Å². The van der Waals surface area contributed by atoms with Crippen LogP contribution in [0.3, 0.4) is 0 Å². The van der Waals surface area contributed by atoms with Crippen molar-refractivity contribution in [2.45, 2.75) is 75.0 Å². The molecule has 176 valence electrons. The summed E-state index contributed by atoms with van der Waals surface area (Å²) in [6, 6.07) is -0.515. The molecule has 7 atom stereocenters. The number of rotatable bonds is 4. The summed E-state index contributed by atoms with van der Waals surface area (Å²) in [7, 11) is 0. The molecule has 7 nitrogen and oxygen atoms in total. The van der Waals surface area contributed by atoms with Crippen molar-refractivity contribution in [3.8, 4) is 0 Å². The highest BCUT2D eigenvalue weighted by Crippen LogP contribution is 2.40. The molecule has 0 aromatic heterocycles. The van der Waals surface area contributed by atoms with Crippen LogP contribution >= 0.6 is 11.9 Å². The fourth-order valence-electron chi connectivity index (χ4n) is 5.66. The Balaban J connectivity index is 1.32. The van der Waals surface area contributed by atoms with E-state index in [1.54, 1.807) is 0 Å². The van der Waals surface area contributed by atoms with Crippen molar-refractivity contribution in [2.24, 2.45) is 23.7 Å².